The molecule has 7 nitrogen and oxygen atoms in total. The Hall–Kier alpha value is -2.91. The molecule has 3 aromatic rings. The molecule has 1 aliphatic rings. The minimum absolute atomic E-state index is 0.0244. The molecule has 166 valence electrons. The van der Waals surface area contributed by atoms with E-state index in [4.69, 9.17) is 4.74 Å². The molecule has 1 aromatic heterocycles. The molecular formula is C23H24N4O3S2. The van der Waals surface area contributed by atoms with Gasteiger partial charge in [-0.25, -0.2) is 0 Å². The Morgan fingerprint density at radius 1 is 1.25 bits per heavy atom. The lowest BCUT2D eigenvalue weighted by atomic mass is 10.0. The van der Waals surface area contributed by atoms with Crippen molar-refractivity contribution >= 4 is 51.3 Å². The van der Waals surface area contributed by atoms with E-state index in [9.17, 15) is 9.59 Å². The minimum atomic E-state index is -0.310. The highest BCUT2D eigenvalue weighted by Crippen LogP contribution is 2.35. The summed E-state index contributed by atoms with van der Waals surface area (Å²) in [7, 11) is 0. The molecule has 2 heterocycles. The Labute approximate surface area is 195 Å². The molecule has 0 aliphatic carbocycles. The molecule has 0 bridgehead atoms. The van der Waals surface area contributed by atoms with Crippen LogP contribution in [0, 0.1) is 0 Å². The zero-order chi connectivity index (χ0) is 22.7. The number of hydrogen-bond donors (Lipinski definition) is 1. The van der Waals surface area contributed by atoms with Gasteiger partial charge in [-0.1, -0.05) is 35.2 Å². The van der Waals surface area contributed by atoms with Crippen molar-refractivity contribution in [3.63, 3.8) is 0 Å². The van der Waals surface area contributed by atoms with E-state index in [-0.39, 0.29) is 16.9 Å². The summed E-state index contributed by atoms with van der Waals surface area (Å²) in [6.07, 6.45) is 0.770. The Morgan fingerprint density at radius 3 is 2.84 bits per heavy atom. The summed E-state index contributed by atoms with van der Waals surface area (Å²) >= 11 is 2.79. The lowest BCUT2D eigenvalue weighted by Crippen LogP contribution is -2.25. The zero-order valence-electron chi connectivity index (χ0n) is 18.1. The minimum Gasteiger partial charge on any atom is -0.492 e. The number of amides is 1. The van der Waals surface area contributed by atoms with E-state index in [1.54, 1.807) is 17.9 Å². The van der Waals surface area contributed by atoms with Crippen LogP contribution in [0.3, 0.4) is 0 Å². The maximum absolute atomic E-state index is 13.0. The number of benzene rings is 2. The summed E-state index contributed by atoms with van der Waals surface area (Å²) in [5, 5.41) is 12.0. The number of carbonyl (C=O) groups excluding carboxylic acids is 2. The molecule has 0 fully saturated rings. The third-order valence-electron chi connectivity index (χ3n) is 5.12. The molecule has 0 unspecified atom stereocenters. The van der Waals surface area contributed by atoms with Crippen LogP contribution in [0.2, 0.25) is 0 Å². The molecule has 0 spiro atoms. The average Bonchev–Trinajstić information content (AvgIpc) is 3.41. The molecule has 1 aliphatic heterocycles. The van der Waals surface area contributed by atoms with Crippen LogP contribution in [0.4, 0.5) is 16.5 Å². The molecule has 0 radical (unpaired) electrons. The van der Waals surface area contributed by atoms with Crippen molar-refractivity contribution in [3.8, 4) is 5.75 Å². The van der Waals surface area contributed by atoms with Crippen LogP contribution in [0.1, 0.15) is 36.7 Å². The highest BCUT2D eigenvalue weighted by Gasteiger charge is 2.25. The predicted molar refractivity (Wildman–Crippen MR) is 129 cm³/mol. The molecule has 0 saturated carbocycles. The summed E-state index contributed by atoms with van der Waals surface area (Å²) in [5.41, 5.74) is 3.42. The number of nitrogens with zero attached hydrogens (tertiary/aromatic N) is 3. The van der Waals surface area contributed by atoms with E-state index in [1.807, 2.05) is 50.2 Å². The number of nitrogens with one attached hydrogen (secondary N) is 1. The van der Waals surface area contributed by atoms with E-state index in [2.05, 4.69) is 15.5 Å². The fourth-order valence-electron chi connectivity index (χ4n) is 3.60. The summed E-state index contributed by atoms with van der Waals surface area (Å²) < 4.78 is 6.35. The third kappa shape index (κ3) is 4.78. The van der Waals surface area contributed by atoms with Gasteiger partial charge in [-0.05, 0) is 56.2 Å². The Morgan fingerprint density at radius 2 is 2.06 bits per heavy atom. The van der Waals surface area contributed by atoms with Crippen molar-refractivity contribution in [2.45, 2.75) is 36.8 Å². The van der Waals surface area contributed by atoms with E-state index in [0.29, 0.717) is 28.2 Å². The first-order chi connectivity index (χ1) is 15.5. The molecular weight excluding hydrogens is 444 g/mol. The second kappa shape index (κ2) is 9.70. The number of para-hydroxylation sites is 2. The lowest BCUT2D eigenvalue weighted by molar-refractivity contribution is -0.116. The van der Waals surface area contributed by atoms with Gasteiger partial charge in [0.2, 0.25) is 11.0 Å². The highest BCUT2D eigenvalue weighted by molar-refractivity contribution is 8.02. The van der Waals surface area contributed by atoms with Crippen LogP contribution in [0.15, 0.2) is 46.8 Å². The van der Waals surface area contributed by atoms with Crippen LogP contribution in [0.5, 0.6) is 5.75 Å². The number of fused-ring (bicyclic) bond motifs is 1. The normalized spacial score (nSPS) is 13.5. The number of ether oxygens (including phenoxy) is 1. The van der Waals surface area contributed by atoms with Crippen LogP contribution in [-0.4, -0.2) is 40.3 Å². The molecule has 2 aromatic carbocycles. The number of Topliss-reactive ketones (excluding diaryl/α,β-unsaturated/α-hetero) is 1. The third-order valence-corrected chi connectivity index (χ3v) is 7.14. The number of ketones is 1. The fourth-order valence-corrected chi connectivity index (χ4v) is 5.58. The van der Waals surface area contributed by atoms with E-state index in [1.165, 1.54) is 23.1 Å². The predicted octanol–water partition coefficient (Wildman–Crippen LogP) is 4.95. The van der Waals surface area contributed by atoms with Crippen LogP contribution < -0.4 is 15.0 Å². The van der Waals surface area contributed by atoms with Crippen molar-refractivity contribution < 1.29 is 14.3 Å². The highest BCUT2D eigenvalue weighted by atomic mass is 32.2. The Bertz CT molecular complexity index is 1150. The zero-order valence-corrected chi connectivity index (χ0v) is 19.8. The van der Waals surface area contributed by atoms with Crippen LogP contribution in [-0.2, 0) is 11.2 Å². The number of carbonyl (C=O) groups is 2. The Balaban J connectivity index is 1.42. The van der Waals surface area contributed by atoms with Gasteiger partial charge in [0.05, 0.1) is 17.5 Å². The average molecular weight is 469 g/mol. The van der Waals surface area contributed by atoms with Gasteiger partial charge in [0.25, 0.3) is 0 Å². The first-order valence-corrected chi connectivity index (χ1v) is 12.1. The van der Waals surface area contributed by atoms with Crippen molar-refractivity contribution in [3.05, 3.63) is 53.6 Å². The van der Waals surface area contributed by atoms with E-state index < -0.39 is 0 Å². The van der Waals surface area contributed by atoms with Gasteiger partial charge < -0.3 is 15.0 Å². The molecule has 1 atom stereocenters. The van der Waals surface area contributed by atoms with Crippen molar-refractivity contribution in [2.24, 2.45) is 0 Å². The smallest absolute Gasteiger partial charge is 0.223 e. The van der Waals surface area contributed by atoms with E-state index >= 15 is 0 Å². The second-order valence-corrected chi connectivity index (χ2v) is 9.88. The van der Waals surface area contributed by atoms with Crippen molar-refractivity contribution in [2.75, 3.05) is 23.4 Å². The number of rotatable bonds is 8. The number of hydrogen-bond acceptors (Lipinski definition) is 8. The van der Waals surface area contributed by atoms with Crippen LogP contribution in [0.25, 0.3) is 0 Å². The SMILES string of the molecule is CCOc1ccccc1Nc1nnc(S[C@H](C)C(=O)c2ccc3c(c2)CCN3C(C)=O)s1. The summed E-state index contributed by atoms with van der Waals surface area (Å²) in [4.78, 5) is 26.5. The fraction of sp³-hybridized carbons (Fsp3) is 0.304. The standard InChI is InChI=1S/C23H24N4O3S2/c1-4-30-20-8-6-5-7-18(20)24-22-25-26-23(32-22)31-14(2)21(29)17-9-10-19-16(13-17)11-12-27(19)15(3)28/h5-10,13-14H,4,11-12H2,1-3H3,(H,24,25)/t14-/m1/s1. The largest absolute Gasteiger partial charge is 0.492 e. The number of aromatic nitrogens is 2. The number of thioether (sulfide) groups is 1. The van der Waals surface area contributed by atoms with Gasteiger partial charge >= 0.3 is 0 Å². The summed E-state index contributed by atoms with van der Waals surface area (Å²) in [6, 6.07) is 13.3. The molecule has 1 amide bonds. The maximum atomic E-state index is 13.0. The molecule has 0 saturated heterocycles. The lowest BCUT2D eigenvalue weighted by Gasteiger charge is -2.15. The van der Waals surface area contributed by atoms with Crippen molar-refractivity contribution in [1.29, 1.82) is 0 Å². The quantitative estimate of drug-likeness (QED) is 0.370. The van der Waals surface area contributed by atoms with Gasteiger partial charge in [-0.2, -0.15) is 0 Å². The first kappa shape index (κ1) is 22.3. The summed E-state index contributed by atoms with van der Waals surface area (Å²) in [6.45, 7) is 6.62. The van der Waals surface area contributed by atoms with Crippen LogP contribution >= 0.6 is 23.1 Å². The van der Waals surface area contributed by atoms with Gasteiger partial charge in [0.1, 0.15) is 5.75 Å². The first-order valence-electron chi connectivity index (χ1n) is 10.4. The molecule has 32 heavy (non-hydrogen) atoms. The topological polar surface area (TPSA) is 84.4 Å². The summed E-state index contributed by atoms with van der Waals surface area (Å²) in [5.74, 6) is 0.810. The molecule has 4 rings (SSSR count). The molecule has 1 N–H and O–H groups in total. The second-order valence-electron chi connectivity index (χ2n) is 7.32. The van der Waals surface area contributed by atoms with Crippen molar-refractivity contribution in [1.82, 2.24) is 10.2 Å². The van der Waals surface area contributed by atoms with Gasteiger partial charge in [-0.15, -0.1) is 10.2 Å². The maximum Gasteiger partial charge on any atom is 0.223 e. The Kier molecular flexibility index (Phi) is 6.76. The molecule has 9 heteroatoms. The van der Waals surface area contributed by atoms with Gasteiger partial charge in [0, 0.05) is 24.7 Å². The van der Waals surface area contributed by atoms with Gasteiger partial charge in [-0.3, -0.25) is 9.59 Å². The number of anilines is 3. The van der Waals surface area contributed by atoms with E-state index in [0.717, 1.165) is 29.1 Å². The monoisotopic (exact) mass is 468 g/mol. The van der Waals surface area contributed by atoms with Gasteiger partial charge in [0.15, 0.2) is 10.1 Å².